The molecule has 164 valence electrons. The van der Waals surface area contributed by atoms with Crippen LogP contribution in [0.3, 0.4) is 0 Å². The van der Waals surface area contributed by atoms with Crippen molar-refractivity contribution >= 4 is 21.6 Å². The van der Waals surface area contributed by atoms with E-state index >= 15 is 0 Å². The highest BCUT2D eigenvalue weighted by molar-refractivity contribution is 7.16. The molecule has 2 aromatic rings. The molecule has 4 heteroatoms. The van der Waals surface area contributed by atoms with Gasteiger partial charge in [0.05, 0.1) is 11.3 Å². The van der Waals surface area contributed by atoms with Crippen LogP contribution >= 0.6 is 11.3 Å². The van der Waals surface area contributed by atoms with E-state index in [0.717, 1.165) is 34.8 Å². The molecule has 1 heterocycles. The van der Waals surface area contributed by atoms with E-state index in [9.17, 15) is 4.79 Å². The summed E-state index contributed by atoms with van der Waals surface area (Å²) in [7, 11) is 0. The Bertz CT molecular complexity index is 703. The van der Waals surface area contributed by atoms with E-state index in [0.29, 0.717) is 5.58 Å². The van der Waals surface area contributed by atoms with Gasteiger partial charge in [0.2, 0.25) is 0 Å². The maximum Gasteiger partial charge on any atom is 0.396 e. The molecule has 29 heavy (non-hydrogen) atoms. The van der Waals surface area contributed by atoms with E-state index in [1.54, 1.807) is 0 Å². The van der Waals surface area contributed by atoms with Gasteiger partial charge < -0.3 is 9.15 Å². The molecule has 3 nitrogen and oxygen atoms in total. The average Bonchev–Trinajstić information content (AvgIpc) is 3.09. The molecule has 0 bridgehead atoms. The quantitative estimate of drug-likeness (QED) is 0.227. The summed E-state index contributed by atoms with van der Waals surface area (Å²) < 4.78 is 11.8. The molecule has 0 N–H and O–H groups in total. The van der Waals surface area contributed by atoms with Crippen molar-refractivity contribution in [2.75, 3.05) is 6.61 Å². The third kappa shape index (κ3) is 10.9. The Morgan fingerprint density at radius 1 is 0.759 bits per heavy atom. The van der Waals surface area contributed by atoms with Gasteiger partial charge in [0.15, 0.2) is 5.58 Å². The molecule has 0 radical (unpaired) electrons. The van der Waals surface area contributed by atoms with E-state index in [2.05, 4.69) is 6.92 Å². The molecular weight excluding hydrogens is 380 g/mol. The summed E-state index contributed by atoms with van der Waals surface area (Å²) in [6.45, 7) is 3.02. The number of ether oxygens (including phenoxy) is 1. The second-order valence-corrected chi connectivity index (χ2v) is 9.19. The number of unbranched alkanes of at least 4 members (excludes halogenated alkanes) is 15. The summed E-state index contributed by atoms with van der Waals surface area (Å²) >= 11 is 1.13. The fraction of sp³-hybridized carbons (Fsp3) is 0.720. The average molecular weight is 421 g/mol. The van der Waals surface area contributed by atoms with Crippen LogP contribution in [0.4, 0.5) is 0 Å². The van der Waals surface area contributed by atoms with Crippen LogP contribution in [0.15, 0.2) is 27.4 Å². The Morgan fingerprint density at radius 3 is 1.83 bits per heavy atom. The zero-order valence-electron chi connectivity index (χ0n) is 18.4. The van der Waals surface area contributed by atoms with Crippen molar-refractivity contribution in [1.29, 1.82) is 0 Å². The third-order valence-corrected chi connectivity index (χ3v) is 6.38. The highest BCUT2D eigenvalue weighted by Crippen LogP contribution is 2.23. The first kappa shape index (κ1) is 24.0. The molecule has 0 atom stereocenters. The summed E-state index contributed by atoms with van der Waals surface area (Å²) in [5.74, 6) is 0.792. The maximum atomic E-state index is 11.2. The van der Waals surface area contributed by atoms with Crippen LogP contribution in [0.2, 0.25) is 0 Å². The Kier molecular flexibility index (Phi) is 12.8. The minimum Gasteiger partial charge on any atom is -0.493 e. The van der Waals surface area contributed by atoms with Crippen LogP contribution in [0.5, 0.6) is 5.75 Å². The Balaban J connectivity index is 1.33. The molecule has 0 unspecified atom stereocenters. The van der Waals surface area contributed by atoms with E-state index in [1.807, 2.05) is 18.2 Å². The monoisotopic (exact) mass is 420 g/mol. The molecule has 1 aromatic heterocycles. The van der Waals surface area contributed by atoms with Gasteiger partial charge in [0.1, 0.15) is 5.75 Å². The molecule has 1 aromatic carbocycles. The van der Waals surface area contributed by atoms with Gasteiger partial charge in [-0.2, -0.15) is 0 Å². The van der Waals surface area contributed by atoms with Gasteiger partial charge >= 0.3 is 4.94 Å². The van der Waals surface area contributed by atoms with Crippen LogP contribution < -0.4 is 9.68 Å². The zero-order valence-corrected chi connectivity index (χ0v) is 19.2. The van der Waals surface area contributed by atoms with Crippen molar-refractivity contribution in [2.45, 2.75) is 110 Å². The van der Waals surface area contributed by atoms with E-state index in [-0.39, 0.29) is 4.94 Å². The molecule has 0 amide bonds. The van der Waals surface area contributed by atoms with E-state index < -0.39 is 0 Å². The first-order valence-corrected chi connectivity index (χ1v) is 12.8. The first-order chi connectivity index (χ1) is 14.3. The minimum atomic E-state index is -0.255. The number of benzene rings is 1. The standard InChI is InChI=1S/C25H40O3S/c1-2-3-4-5-6-7-8-9-10-11-12-13-14-15-16-17-20-27-22-18-19-24-23(21-22)28-25(26)29-24/h18-19,21H,2-17,20H2,1H3. The van der Waals surface area contributed by atoms with Gasteiger partial charge in [-0.1, -0.05) is 115 Å². The normalized spacial score (nSPS) is 11.3. The highest BCUT2D eigenvalue weighted by atomic mass is 32.1. The zero-order chi connectivity index (χ0) is 20.6. The number of hydrogen-bond acceptors (Lipinski definition) is 4. The van der Waals surface area contributed by atoms with Gasteiger partial charge in [-0.05, 0) is 18.6 Å². The largest absolute Gasteiger partial charge is 0.493 e. The number of rotatable bonds is 18. The predicted octanol–water partition coefficient (Wildman–Crippen LogP) is 8.49. The Labute approximate surface area is 180 Å². The SMILES string of the molecule is CCCCCCCCCCCCCCCCCCOc1ccc2sc(=O)oc2c1. The smallest absolute Gasteiger partial charge is 0.396 e. The van der Waals surface area contributed by atoms with Crippen molar-refractivity contribution in [3.8, 4) is 5.75 Å². The lowest BCUT2D eigenvalue weighted by atomic mass is 10.0. The lowest BCUT2D eigenvalue weighted by Gasteiger charge is -2.06. The van der Waals surface area contributed by atoms with Crippen LogP contribution in [0.1, 0.15) is 110 Å². The highest BCUT2D eigenvalue weighted by Gasteiger charge is 2.03. The van der Waals surface area contributed by atoms with Crippen molar-refractivity contribution in [2.24, 2.45) is 0 Å². The number of fused-ring (bicyclic) bond motifs is 1. The second kappa shape index (κ2) is 15.5. The molecular formula is C25H40O3S. The molecule has 0 saturated carbocycles. The maximum absolute atomic E-state index is 11.2. The topological polar surface area (TPSA) is 39.4 Å². The van der Waals surface area contributed by atoms with E-state index in [4.69, 9.17) is 9.15 Å². The predicted molar refractivity (Wildman–Crippen MR) is 125 cm³/mol. The van der Waals surface area contributed by atoms with Crippen LogP contribution in [-0.2, 0) is 0 Å². The molecule has 0 fully saturated rings. The van der Waals surface area contributed by atoms with Crippen molar-refractivity contribution in [3.05, 3.63) is 27.9 Å². The minimum absolute atomic E-state index is 0.255. The van der Waals surface area contributed by atoms with Crippen LogP contribution in [0.25, 0.3) is 10.3 Å². The van der Waals surface area contributed by atoms with Crippen LogP contribution in [0, 0.1) is 0 Å². The van der Waals surface area contributed by atoms with Crippen molar-refractivity contribution in [3.63, 3.8) is 0 Å². The molecule has 0 spiro atoms. The van der Waals surface area contributed by atoms with Crippen molar-refractivity contribution in [1.82, 2.24) is 0 Å². The molecule has 0 aliphatic heterocycles. The Morgan fingerprint density at radius 2 is 1.28 bits per heavy atom. The third-order valence-electron chi connectivity index (χ3n) is 5.57. The molecule has 2 rings (SSSR count). The molecule has 0 aliphatic carbocycles. The van der Waals surface area contributed by atoms with Crippen LogP contribution in [-0.4, -0.2) is 6.61 Å². The fourth-order valence-electron chi connectivity index (χ4n) is 3.78. The molecule has 0 saturated heterocycles. The van der Waals surface area contributed by atoms with Gasteiger partial charge in [-0.3, -0.25) is 0 Å². The Hall–Kier alpha value is -1.29. The molecule has 0 aliphatic rings. The second-order valence-electron chi connectivity index (χ2n) is 8.21. The van der Waals surface area contributed by atoms with Gasteiger partial charge in [-0.15, -0.1) is 0 Å². The summed E-state index contributed by atoms with van der Waals surface area (Å²) in [6.07, 6.45) is 22.0. The fourth-order valence-corrected chi connectivity index (χ4v) is 4.43. The van der Waals surface area contributed by atoms with Gasteiger partial charge in [0, 0.05) is 6.07 Å². The van der Waals surface area contributed by atoms with E-state index in [1.165, 1.54) is 96.3 Å². The van der Waals surface area contributed by atoms with Crippen molar-refractivity contribution < 1.29 is 9.15 Å². The lowest BCUT2D eigenvalue weighted by molar-refractivity contribution is 0.304. The summed E-state index contributed by atoms with van der Waals surface area (Å²) in [4.78, 5) is 11.0. The number of hydrogen-bond donors (Lipinski definition) is 0. The summed E-state index contributed by atoms with van der Waals surface area (Å²) in [5, 5.41) is 0. The lowest BCUT2D eigenvalue weighted by Crippen LogP contribution is -1.97. The first-order valence-electron chi connectivity index (χ1n) is 12.0. The summed E-state index contributed by atoms with van der Waals surface area (Å²) in [6, 6.07) is 5.63. The van der Waals surface area contributed by atoms with Gasteiger partial charge in [0.25, 0.3) is 0 Å². The summed E-state index contributed by atoms with van der Waals surface area (Å²) in [5.41, 5.74) is 0.629. The van der Waals surface area contributed by atoms with Gasteiger partial charge in [-0.25, -0.2) is 4.79 Å².